The van der Waals surface area contributed by atoms with E-state index in [1.807, 2.05) is 12.1 Å². The van der Waals surface area contributed by atoms with E-state index < -0.39 is 0 Å². The minimum Gasteiger partial charge on any atom is -0.456 e. The van der Waals surface area contributed by atoms with Crippen LogP contribution in [0.1, 0.15) is 0 Å². The predicted molar refractivity (Wildman–Crippen MR) is 368 cm³/mol. The molecule has 0 saturated carbocycles. The maximum atomic E-state index is 7.14. The van der Waals surface area contributed by atoms with Crippen LogP contribution in [-0.2, 0) is 0 Å². The number of fused-ring (bicyclic) bond motifs is 20. The molecule has 20 aromatic rings. The van der Waals surface area contributed by atoms with Crippen molar-refractivity contribution in [1.29, 1.82) is 0 Å². The van der Waals surface area contributed by atoms with Gasteiger partial charge in [-0.15, -0.1) is 0 Å². The summed E-state index contributed by atoms with van der Waals surface area (Å²) in [4.78, 5) is 0. The third-order valence-electron chi connectivity index (χ3n) is 19.0. The zero-order valence-electron chi connectivity index (χ0n) is 47.2. The van der Waals surface area contributed by atoms with Crippen LogP contribution >= 0.6 is 0 Å². The Labute approximate surface area is 501 Å². The number of benzene rings is 16. The highest BCUT2D eigenvalue weighted by Gasteiger charge is 2.25. The average Bonchev–Trinajstić information content (AvgIpc) is 1.39. The second-order valence-corrected chi connectivity index (χ2v) is 23.6. The maximum absolute atomic E-state index is 7.14. The molecule has 4 heteroatoms. The molecule has 20 rings (SSSR count). The summed E-state index contributed by atoms with van der Waals surface area (Å²) in [5.41, 5.74) is 18.4. The molecule has 0 N–H and O–H groups in total. The van der Waals surface area contributed by atoms with E-state index in [4.69, 9.17) is 17.7 Å². The van der Waals surface area contributed by atoms with Crippen molar-refractivity contribution >= 4 is 152 Å². The van der Waals surface area contributed by atoms with Crippen LogP contribution in [0.15, 0.2) is 297 Å². The van der Waals surface area contributed by atoms with Gasteiger partial charge in [0.2, 0.25) is 0 Å². The first-order valence-corrected chi connectivity index (χ1v) is 30.1. The van der Waals surface area contributed by atoms with Crippen molar-refractivity contribution in [3.05, 3.63) is 279 Å². The van der Waals surface area contributed by atoms with E-state index in [2.05, 4.69) is 267 Å². The predicted octanol–water partition coefficient (Wildman–Crippen LogP) is 24.5. The largest absolute Gasteiger partial charge is 0.456 e. The number of hydrogen-bond acceptors (Lipinski definition) is 4. The van der Waals surface area contributed by atoms with Crippen molar-refractivity contribution in [1.82, 2.24) is 0 Å². The molecule has 4 nitrogen and oxygen atoms in total. The van der Waals surface area contributed by atoms with Crippen molar-refractivity contribution in [3.63, 3.8) is 0 Å². The summed E-state index contributed by atoms with van der Waals surface area (Å²) in [6.45, 7) is 0. The summed E-state index contributed by atoms with van der Waals surface area (Å²) in [5.74, 6) is 0. The molecule has 0 atom stereocenters. The fraction of sp³-hybridized carbons (Fsp3) is 0. The Morgan fingerprint density at radius 3 is 1.17 bits per heavy atom. The third-order valence-corrected chi connectivity index (χ3v) is 19.0. The molecule has 0 fully saturated rings. The van der Waals surface area contributed by atoms with Crippen molar-refractivity contribution in [2.45, 2.75) is 0 Å². The molecule has 0 aliphatic heterocycles. The molecule has 0 spiro atoms. The van der Waals surface area contributed by atoms with E-state index in [0.29, 0.717) is 0 Å². The molecule has 0 amide bonds. The fourth-order valence-corrected chi connectivity index (χ4v) is 15.2. The molecular formula is C84H46O4. The van der Waals surface area contributed by atoms with Crippen LogP contribution in [0, 0.1) is 0 Å². The lowest BCUT2D eigenvalue weighted by Gasteiger charge is -2.18. The van der Waals surface area contributed by atoms with Gasteiger partial charge in [-0.2, -0.15) is 0 Å². The summed E-state index contributed by atoms with van der Waals surface area (Å²) < 4.78 is 27.2. The third kappa shape index (κ3) is 6.68. The number of hydrogen-bond donors (Lipinski definition) is 0. The van der Waals surface area contributed by atoms with Crippen LogP contribution in [0.25, 0.3) is 208 Å². The Morgan fingerprint density at radius 1 is 0.170 bits per heavy atom. The molecule has 16 aromatic carbocycles. The Balaban J connectivity index is 0.721. The Kier molecular flexibility index (Phi) is 9.69. The minimum atomic E-state index is 0.841. The lowest BCUT2D eigenvalue weighted by atomic mass is 9.85. The molecule has 0 unspecified atom stereocenters. The van der Waals surface area contributed by atoms with Crippen LogP contribution in [0.3, 0.4) is 0 Å². The highest BCUT2D eigenvalue weighted by molar-refractivity contribution is 6.28. The lowest BCUT2D eigenvalue weighted by Crippen LogP contribution is -1.91. The normalized spacial score (nSPS) is 12.3. The molecule has 0 bridgehead atoms. The highest BCUT2D eigenvalue weighted by Crippen LogP contribution is 2.51. The summed E-state index contributed by atoms with van der Waals surface area (Å²) >= 11 is 0. The van der Waals surface area contributed by atoms with Gasteiger partial charge in [0.05, 0.1) is 0 Å². The highest BCUT2D eigenvalue weighted by atomic mass is 16.3. The van der Waals surface area contributed by atoms with E-state index in [9.17, 15) is 0 Å². The molecule has 0 aliphatic carbocycles. The van der Waals surface area contributed by atoms with Crippen LogP contribution < -0.4 is 0 Å². The molecule has 0 radical (unpaired) electrons. The summed E-state index contributed by atoms with van der Waals surface area (Å²) in [6.07, 6.45) is 0. The Morgan fingerprint density at radius 2 is 0.557 bits per heavy atom. The van der Waals surface area contributed by atoms with Gasteiger partial charge in [0.1, 0.15) is 44.7 Å². The molecule has 0 saturated heterocycles. The smallest absolute Gasteiger partial charge is 0.143 e. The zero-order chi connectivity index (χ0) is 57.3. The van der Waals surface area contributed by atoms with E-state index in [1.165, 1.54) is 54.4 Å². The minimum absolute atomic E-state index is 0.841. The van der Waals surface area contributed by atoms with Crippen LogP contribution in [-0.4, -0.2) is 0 Å². The van der Waals surface area contributed by atoms with Crippen molar-refractivity contribution < 1.29 is 17.7 Å². The van der Waals surface area contributed by atoms with Crippen LogP contribution in [0.4, 0.5) is 0 Å². The summed E-state index contributed by atoms with van der Waals surface area (Å²) in [5, 5.41) is 22.7. The topological polar surface area (TPSA) is 52.6 Å². The molecule has 0 aliphatic rings. The van der Waals surface area contributed by atoms with Gasteiger partial charge in [-0.05, 0) is 165 Å². The van der Waals surface area contributed by atoms with Crippen LogP contribution in [0.2, 0.25) is 0 Å². The molecular weight excluding hydrogens is 1070 g/mol. The second-order valence-electron chi connectivity index (χ2n) is 23.6. The van der Waals surface area contributed by atoms with Gasteiger partial charge < -0.3 is 17.7 Å². The van der Waals surface area contributed by atoms with E-state index >= 15 is 0 Å². The van der Waals surface area contributed by atoms with E-state index in [0.717, 1.165) is 154 Å². The molecule has 4 aromatic heterocycles. The Bertz CT molecular complexity index is 6330. The molecule has 88 heavy (non-hydrogen) atoms. The fourth-order valence-electron chi connectivity index (χ4n) is 15.2. The zero-order valence-corrected chi connectivity index (χ0v) is 47.2. The van der Waals surface area contributed by atoms with Gasteiger partial charge in [-0.25, -0.2) is 0 Å². The number of para-hydroxylation sites is 2. The van der Waals surface area contributed by atoms with Gasteiger partial charge >= 0.3 is 0 Å². The van der Waals surface area contributed by atoms with Gasteiger partial charge in [-0.3, -0.25) is 0 Å². The standard InChI is InChI=1S/C84H46O4/c1-2-16-54-47(15-1)33-39-65-70-44-51(36-41-73(70)86-82(54)65)78-61-22-7-9-24-63(61)80(64-25-10-8-23-62(64)78)67-27-13-28-68-81-53(26-14-30-75(81)88-84(67)68)49-32-31-48-34-40-66-71-45-50(37-42-74(71)87-83(66)69(48)43-49)77-57-18-3-5-20-59(57)79(60-21-6-4-19-58(60)77)52-35-38-56-55-17-11-12-29-72(55)85-76(56)46-52/h1-46H. The average molecular weight is 1120 g/mol. The van der Waals surface area contributed by atoms with Gasteiger partial charge in [0.15, 0.2) is 0 Å². The number of furan rings is 4. The van der Waals surface area contributed by atoms with Gasteiger partial charge in [0, 0.05) is 65.0 Å². The SMILES string of the molecule is c1ccc2c(c1)ccc1c3cc(-c4c5ccccc5c(-c5cccc6c5oc5cccc(-c7ccc8ccc9c%10cc(-c%11c%12ccccc%12c(-c%12ccc%13c(c%12)oc%12ccccc%12%13)c%12ccccc%11%12)ccc%10oc9c8c7)c56)c5ccccc45)ccc3oc21. The maximum Gasteiger partial charge on any atom is 0.143 e. The van der Waals surface area contributed by atoms with Crippen molar-refractivity contribution in [2.75, 3.05) is 0 Å². The summed E-state index contributed by atoms with van der Waals surface area (Å²) in [7, 11) is 0. The van der Waals surface area contributed by atoms with E-state index in [1.54, 1.807) is 0 Å². The lowest BCUT2D eigenvalue weighted by molar-refractivity contribution is 0.669. The van der Waals surface area contributed by atoms with Crippen molar-refractivity contribution in [2.24, 2.45) is 0 Å². The first kappa shape index (κ1) is 47.6. The van der Waals surface area contributed by atoms with Gasteiger partial charge in [0.25, 0.3) is 0 Å². The van der Waals surface area contributed by atoms with Crippen molar-refractivity contribution in [3.8, 4) is 55.6 Å². The van der Waals surface area contributed by atoms with E-state index in [-0.39, 0.29) is 0 Å². The number of rotatable bonds is 5. The second kappa shape index (κ2) is 17.9. The quantitative estimate of drug-likeness (QED) is 0.161. The van der Waals surface area contributed by atoms with Crippen LogP contribution in [0.5, 0.6) is 0 Å². The Hall–Kier alpha value is -11.7. The first-order valence-electron chi connectivity index (χ1n) is 30.1. The summed E-state index contributed by atoms with van der Waals surface area (Å²) in [6, 6.07) is 101. The molecule has 406 valence electrons. The van der Waals surface area contributed by atoms with Gasteiger partial charge in [-0.1, -0.05) is 212 Å². The monoisotopic (exact) mass is 1120 g/mol. The molecule has 4 heterocycles. The first-order chi connectivity index (χ1) is 43.6.